The number of likely N-dealkylation sites (N-methyl/N-ethyl adjacent to an activating group) is 1. The van der Waals surface area contributed by atoms with Crippen LogP contribution in [0.1, 0.15) is 24.1 Å². The van der Waals surface area contributed by atoms with Crippen LogP contribution in [0.2, 0.25) is 5.02 Å². The number of halogens is 1. The first-order chi connectivity index (χ1) is 10.2. The van der Waals surface area contributed by atoms with Crippen molar-refractivity contribution in [1.29, 1.82) is 0 Å². The van der Waals surface area contributed by atoms with Crippen molar-refractivity contribution in [1.82, 2.24) is 5.32 Å². The van der Waals surface area contributed by atoms with Gasteiger partial charge in [0.2, 0.25) is 5.91 Å². The molecular weight excluding hydrogens is 292 g/mol. The predicted molar refractivity (Wildman–Crippen MR) is 80.8 cm³/mol. The van der Waals surface area contributed by atoms with Gasteiger partial charge >= 0.3 is 0 Å². The van der Waals surface area contributed by atoms with Crippen molar-refractivity contribution in [3.63, 3.8) is 0 Å². The Morgan fingerprint density at radius 2 is 2.33 bits per heavy atom. The molecule has 1 amide bonds. The molecule has 2 N–H and O–H groups in total. The zero-order chi connectivity index (χ0) is 14.8. The van der Waals surface area contributed by atoms with E-state index in [0.717, 1.165) is 23.4 Å². The third-order valence-electron chi connectivity index (χ3n) is 3.82. The molecule has 0 saturated carbocycles. The molecule has 1 saturated heterocycles. The molecule has 2 aliphatic heterocycles. The maximum atomic E-state index is 11.5. The first-order valence-corrected chi connectivity index (χ1v) is 7.61. The van der Waals surface area contributed by atoms with E-state index in [1.165, 1.54) is 0 Å². The van der Waals surface area contributed by atoms with Gasteiger partial charge < -0.3 is 20.1 Å². The minimum absolute atomic E-state index is 0.00969. The van der Waals surface area contributed by atoms with E-state index in [4.69, 9.17) is 21.1 Å². The van der Waals surface area contributed by atoms with Crippen LogP contribution in [-0.4, -0.2) is 38.4 Å². The third kappa shape index (κ3) is 3.06. The van der Waals surface area contributed by atoms with Gasteiger partial charge in [-0.05, 0) is 23.7 Å². The number of anilines is 1. The Balaban J connectivity index is 1.92. The molecule has 2 unspecified atom stereocenters. The fraction of sp³-hybridized carbons (Fsp3) is 0.533. The molecule has 0 aliphatic carbocycles. The Morgan fingerprint density at radius 3 is 3.05 bits per heavy atom. The number of hydrogen-bond donors (Lipinski definition) is 2. The van der Waals surface area contributed by atoms with Gasteiger partial charge in [-0.1, -0.05) is 24.6 Å². The summed E-state index contributed by atoms with van der Waals surface area (Å²) in [4.78, 5) is 11.5. The number of amides is 1. The molecule has 114 valence electrons. The number of carbonyl (C=O) groups excluding carboxylic acids is 1. The van der Waals surface area contributed by atoms with Gasteiger partial charge in [0.1, 0.15) is 6.10 Å². The van der Waals surface area contributed by atoms with E-state index in [2.05, 4.69) is 10.6 Å². The lowest BCUT2D eigenvalue weighted by Gasteiger charge is -2.32. The lowest BCUT2D eigenvalue weighted by atomic mass is 9.97. The van der Waals surface area contributed by atoms with Gasteiger partial charge in [-0.2, -0.15) is 0 Å². The molecule has 6 heteroatoms. The Bertz CT molecular complexity index is 544. The highest BCUT2D eigenvalue weighted by Crippen LogP contribution is 2.35. The monoisotopic (exact) mass is 310 g/mol. The summed E-state index contributed by atoms with van der Waals surface area (Å²) in [6.45, 7) is 4.61. The van der Waals surface area contributed by atoms with Crippen molar-refractivity contribution in [2.75, 3.05) is 31.7 Å². The molecule has 2 heterocycles. The molecule has 21 heavy (non-hydrogen) atoms. The maximum absolute atomic E-state index is 11.5. The average molecular weight is 311 g/mol. The molecule has 1 fully saturated rings. The fourth-order valence-corrected chi connectivity index (χ4v) is 3.15. The van der Waals surface area contributed by atoms with E-state index in [0.29, 0.717) is 31.3 Å². The molecule has 2 aliphatic rings. The molecule has 0 aromatic heterocycles. The van der Waals surface area contributed by atoms with Crippen LogP contribution in [0.4, 0.5) is 5.69 Å². The minimum Gasteiger partial charge on any atom is -0.376 e. The van der Waals surface area contributed by atoms with Crippen LogP contribution in [0.15, 0.2) is 12.1 Å². The molecule has 0 spiro atoms. The number of fused-ring (bicyclic) bond motifs is 1. The van der Waals surface area contributed by atoms with Crippen LogP contribution in [0.3, 0.4) is 0 Å². The number of rotatable bonds is 4. The number of benzene rings is 1. The number of hydrogen-bond acceptors (Lipinski definition) is 4. The average Bonchev–Trinajstić information content (AvgIpc) is 2.84. The lowest BCUT2D eigenvalue weighted by Crippen LogP contribution is -2.40. The number of nitrogens with one attached hydrogen (secondary N) is 2. The van der Waals surface area contributed by atoms with Gasteiger partial charge in [0, 0.05) is 10.7 Å². The van der Waals surface area contributed by atoms with E-state index in [9.17, 15) is 4.79 Å². The maximum Gasteiger partial charge on any atom is 0.228 e. The lowest BCUT2D eigenvalue weighted by molar-refractivity contribution is -0.115. The van der Waals surface area contributed by atoms with Crippen molar-refractivity contribution >= 4 is 23.2 Å². The molecule has 1 aromatic rings. The van der Waals surface area contributed by atoms with Crippen molar-refractivity contribution in [2.24, 2.45) is 0 Å². The second kappa shape index (κ2) is 6.32. The Labute approximate surface area is 128 Å². The van der Waals surface area contributed by atoms with Crippen molar-refractivity contribution in [3.8, 4) is 0 Å². The second-order valence-electron chi connectivity index (χ2n) is 5.28. The van der Waals surface area contributed by atoms with Crippen molar-refractivity contribution < 1.29 is 14.3 Å². The van der Waals surface area contributed by atoms with E-state index in [1.54, 1.807) is 0 Å². The Morgan fingerprint density at radius 1 is 1.48 bits per heavy atom. The van der Waals surface area contributed by atoms with E-state index in [-0.39, 0.29) is 18.1 Å². The predicted octanol–water partition coefficient (Wildman–Crippen LogP) is 1.90. The summed E-state index contributed by atoms with van der Waals surface area (Å²) < 4.78 is 11.3. The SMILES string of the molecule is CCNC(c1cc2c(cc1Cl)NC(=O)C2)C1COCCO1. The van der Waals surface area contributed by atoms with Crippen LogP contribution in [0.25, 0.3) is 0 Å². The van der Waals surface area contributed by atoms with Gasteiger partial charge in [-0.25, -0.2) is 0 Å². The minimum atomic E-state index is -0.0701. The largest absolute Gasteiger partial charge is 0.376 e. The standard InChI is InChI=1S/C15H19ClN2O3/c1-2-17-15(13-8-20-3-4-21-13)10-5-9-6-14(19)18-12(9)7-11(10)16/h5,7,13,15,17H,2-4,6,8H2,1H3,(H,18,19). The Hall–Kier alpha value is -1.14. The Kier molecular flexibility index (Phi) is 4.45. The molecule has 1 aromatic carbocycles. The van der Waals surface area contributed by atoms with E-state index < -0.39 is 0 Å². The summed E-state index contributed by atoms with van der Waals surface area (Å²) >= 11 is 6.42. The number of carbonyl (C=O) groups is 1. The van der Waals surface area contributed by atoms with Crippen LogP contribution in [-0.2, 0) is 20.7 Å². The third-order valence-corrected chi connectivity index (χ3v) is 4.15. The van der Waals surface area contributed by atoms with Gasteiger partial charge in [0.05, 0.1) is 32.3 Å². The van der Waals surface area contributed by atoms with Crippen LogP contribution < -0.4 is 10.6 Å². The molecule has 5 nitrogen and oxygen atoms in total. The summed E-state index contributed by atoms with van der Waals surface area (Å²) in [6.07, 6.45) is 0.333. The smallest absolute Gasteiger partial charge is 0.228 e. The first kappa shape index (κ1) is 14.8. The van der Waals surface area contributed by atoms with Crippen LogP contribution in [0, 0.1) is 0 Å². The van der Waals surface area contributed by atoms with Crippen molar-refractivity contribution in [3.05, 3.63) is 28.3 Å². The molecule has 2 atom stereocenters. The topological polar surface area (TPSA) is 59.6 Å². The van der Waals surface area contributed by atoms with Gasteiger partial charge in [-0.15, -0.1) is 0 Å². The van der Waals surface area contributed by atoms with Gasteiger partial charge in [0.25, 0.3) is 0 Å². The summed E-state index contributed by atoms with van der Waals surface area (Å²) in [7, 11) is 0. The summed E-state index contributed by atoms with van der Waals surface area (Å²) in [5, 5.41) is 6.87. The quantitative estimate of drug-likeness (QED) is 0.892. The molecular formula is C15H19ClN2O3. The van der Waals surface area contributed by atoms with Crippen molar-refractivity contribution in [2.45, 2.75) is 25.5 Å². The van der Waals surface area contributed by atoms with Gasteiger partial charge in [-0.3, -0.25) is 4.79 Å². The summed E-state index contributed by atoms with van der Waals surface area (Å²) in [6, 6.07) is 3.79. The first-order valence-electron chi connectivity index (χ1n) is 7.24. The second-order valence-corrected chi connectivity index (χ2v) is 5.68. The van der Waals surface area contributed by atoms with Crippen LogP contribution in [0.5, 0.6) is 0 Å². The molecule has 0 radical (unpaired) electrons. The highest BCUT2D eigenvalue weighted by molar-refractivity contribution is 6.32. The normalized spacial score (nSPS) is 22.8. The summed E-state index contributed by atoms with van der Waals surface area (Å²) in [5.41, 5.74) is 2.76. The van der Waals surface area contributed by atoms with E-state index in [1.807, 2.05) is 19.1 Å². The highest BCUT2D eigenvalue weighted by Gasteiger charge is 2.29. The van der Waals surface area contributed by atoms with E-state index >= 15 is 0 Å². The molecule has 0 bridgehead atoms. The summed E-state index contributed by atoms with van der Waals surface area (Å²) in [5.74, 6) is 0.00969. The number of ether oxygens (including phenoxy) is 2. The van der Waals surface area contributed by atoms with Crippen LogP contribution >= 0.6 is 11.6 Å². The zero-order valence-corrected chi connectivity index (χ0v) is 12.7. The molecule has 3 rings (SSSR count). The van der Waals surface area contributed by atoms with Gasteiger partial charge in [0.15, 0.2) is 0 Å². The highest BCUT2D eigenvalue weighted by atomic mass is 35.5. The zero-order valence-electron chi connectivity index (χ0n) is 11.9. The fourth-order valence-electron chi connectivity index (χ4n) is 2.87.